The molecule has 1 N–H and O–H groups in total. The maximum absolute atomic E-state index is 10.9. The van der Waals surface area contributed by atoms with Gasteiger partial charge in [-0.25, -0.2) is 13.1 Å². The third kappa shape index (κ3) is 4.42. The monoisotopic (exact) mass is 247 g/mol. The first-order chi connectivity index (χ1) is 7.46. The predicted molar refractivity (Wildman–Crippen MR) is 67.7 cm³/mol. The maximum atomic E-state index is 10.9. The van der Waals surface area contributed by atoms with Crippen LogP contribution in [0, 0.1) is 17.8 Å². The summed E-state index contributed by atoms with van der Waals surface area (Å²) >= 11 is 0. The topological polar surface area (TPSA) is 46.2 Å². The van der Waals surface area contributed by atoms with Gasteiger partial charge in [-0.1, -0.05) is 26.7 Å². The van der Waals surface area contributed by atoms with Crippen LogP contribution in [0.1, 0.15) is 46.0 Å². The normalized spacial score (nSPS) is 32.3. The molecule has 0 aromatic heterocycles. The first kappa shape index (κ1) is 14.0. The van der Waals surface area contributed by atoms with Crippen molar-refractivity contribution < 1.29 is 8.42 Å². The summed E-state index contributed by atoms with van der Waals surface area (Å²) in [6.45, 7) is 4.92. The Labute approximate surface area is 100 Å². The Morgan fingerprint density at radius 1 is 1.19 bits per heavy atom. The highest BCUT2D eigenvalue weighted by Crippen LogP contribution is 2.47. The molecule has 0 aromatic rings. The number of fused-ring (bicyclic) bond motifs is 2. The van der Waals surface area contributed by atoms with E-state index < -0.39 is 10.0 Å². The molecule has 2 saturated carbocycles. The second-order valence-electron chi connectivity index (χ2n) is 5.26. The SMILES string of the molecule is CCC.CS(=O)(=O)NCC1CC2CCC1C2. The van der Waals surface area contributed by atoms with Crippen molar-refractivity contribution in [2.75, 3.05) is 12.8 Å². The molecule has 2 aliphatic carbocycles. The molecule has 3 nitrogen and oxygen atoms in total. The zero-order chi connectivity index (χ0) is 12.2. The highest BCUT2D eigenvalue weighted by atomic mass is 32.2. The molecule has 96 valence electrons. The van der Waals surface area contributed by atoms with Crippen molar-refractivity contribution in [3.05, 3.63) is 0 Å². The first-order valence-electron chi connectivity index (χ1n) is 6.40. The Morgan fingerprint density at radius 3 is 2.19 bits per heavy atom. The van der Waals surface area contributed by atoms with Crippen molar-refractivity contribution in [2.45, 2.75) is 46.0 Å². The summed E-state index contributed by atoms with van der Waals surface area (Å²) in [4.78, 5) is 0. The Morgan fingerprint density at radius 2 is 1.81 bits per heavy atom. The maximum Gasteiger partial charge on any atom is 0.208 e. The highest BCUT2D eigenvalue weighted by molar-refractivity contribution is 7.88. The van der Waals surface area contributed by atoms with Gasteiger partial charge < -0.3 is 0 Å². The van der Waals surface area contributed by atoms with Gasteiger partial charge in [0.1, 0.15) is 0 Å². The predicted octanol–water partition coefficient (Wildman–Crippen LogP) is 2.39. The molecule has 3 atom stereocenters. The second kappa shape index (κ2) is 6.01. The van der Waals surface area contributed by atoms with E-state index in [4.69, 9.17) is 0 Å². The van der Waals surface area contributed by atoms with Crippen LogP contribution in [0.4, 0.5) is 0 Å². The molecule has 0 aromatic carbocycles. The Balaban J connectivity index is 0.000000386. The van der Waals surface area contributed by atoms with E-state index in [9.17, 15) is 8.42 Å². The average molecular weight is 247 g/mol. The van der Waals surface area contributed by atoms with Gasteiger partial charge in [0.25, 0.3) is 0 Å². The fourth-order valence-corrected chi connectivity index (χ4v) is 3.40. The van der Waals surface area contributed by atoms with Crippen LogP contribution in [0.3, 0.4) is 0 Å². The Bertz CT molecular complexity index is 300. The lowest BCUT2D eigenvalue weighted by molar-refractivity contribution is 0.333. The minimum absolute atomic E-state index is 0.619. The molecule has 2 aliphatic rings. The molecule has 0 heterocycles. The molecular formula is C12H25NO2S. The zero-order valence-electron chi connectivity index (χ0n) is 10.7. The first-order valence-corrected chi connectivity index (χ1v) is 8.30. The molecule has 0 saturated heterocycles. The van der Waals surface area contributed by atoms with Gasteiger partial charge in [0.2, 0.25) is 10.0 Å². The smallest absolute Gasteiger partial charge is 0.208 e. The molecule has 2 bridgehead atoms. The lowest BCUT2D eigenvalue weighted by Gasteiger charge is -2.21. The molecule has 2 rings (SSSR count). The fourth-order valence-electron chi connectivity index (χ4n) is 2.88. The summed E-state index contributed by atoms with van der Waals surface area (Å²) in [5.41, 5.74) is 0. The lowest BCUT2D eigenvalue weighted by Crippen LogP contribution is -2.30. The molecule has 0 spiro atoms. The summed E-state index contributed by atoms with van der Waals surface area (Å²) in [5, 5.41) is 0. The van der Waals surface area contributed by atoms with Crippen LogP contribution < -0.4 is 4.72 Å². The van der Waals surface area contributed by atoms with Crippen molar-refractivity contribution in [3.63, 3.8) is 0 Å². The van der Waals surface area contributed by atoms with E-state index in [0.29, 0.717) is 12.5 Å². The van der Waals surface area contributed by atoms with Gasteiger partial charge in [-0.3, -0.25) is 0 Å². The lowest BCUT2D eigenvalue weighted by atomic mass is 9.89. The van der Waals surface area contributed by atoms with Crippen molar-refractivity contribution in [2.24, 2.45) is 17.8 Å². The summed E-state index contributed by atoms with van der Waals surface area (Å²) in [7, 11) is -2.98. The van der Waals surface area contributed by atoms with Crippen molar-refractivity contribution >= 4 is 10.0 Å². The summed E-state index contributed by atoms with van der Waals surface area (Å²) in [5.74, 6) is 2.32. The highest BCUT2D eigenvalue weighted by Gasteiger charge is 2.39. The Hall–Kier alpha value is -0.0900. The minimum Gasteiger partial charge on any atom is -0.215 e. The summed E-state index contributed by atoms with van der Waals surface area (Å²) < 4.78 is 24.4. The molecule has 0 radical (unpaired) electrons. The van der Waals surface area contributed by atoms with E-state index in [1.54, 1.807) is 0 Å². The standard InChI is InChI=1S/C9H17NO2S.C3H8/c1-13(11,12)10-6-9-5-7-2-3-8(9)4-7;1-3-2/h7-10H,2-6H2,1H3;3H2,1-2H3. The van der Waals surface area contributed by atoms with E-state index in [1.807, 2.05) is 0 Å². The molecule has 0 aliphatic heterocycles. The van der Waals surface area contributed by atoms with Crippen LogP contribution in [0.2, 0.25) is 0 Å². The molecule has 0 amide bonds. The zero-order valence-corrected chi connectivity index (χ0v) is 11.5. The van der Waals surface area contributed by atoms with E-state index in [1.165, 1.54) is 38.4 Å². The van der Waals surface area contributed by atoms with Crippen molar-refractivity contribution in [1.82, 2.24) is 4.72 Å². The summed E-state index contributed by atoms with van der Waals surface area (Å²) in [6.07, 6.45) is 7.77. The third-order valence-corrected chi connectivity index (χ3v) is 4.18. The van der Waals surface area contributed by atoms with Crippen LogP contribution in [0.25, 0.3) is 0 Å². The molecule has 16 heavy (non-hydrogen) atoms. The van der Waals surface area contributed by atoms with E-state index in [2.05, 4.69) is 18.6 Å². The van der Waals surface area contributed by atoms with E-state index >= 15 is 0 Å². The van der Waals surface area contributed by atoms with Gasteiger partial charge >= 0.3 is 0 Å². The fraction of sp³-hybridized carbons (Fsp3) is 1.00. The van der Waals surface area contributed by atoms with Gasteiger partial charge in [0, 0.05) is 6.54 Å². The minimum atomic E-state index is -2.98. The van der Waals surface area contributed by atoms with Crippen molar-refractivity contribution in [3.8, 4) is 0 Å². The van der Waals surface area contributed by atoms with Crippen LogP contribution >= 0.6 is 0 Å². The van der Waals surface area contributed by atoms with Crippen molar-refractivity contribution in [1.29, 1.82) is 0 Å². The summed E-state index contributed by atoms with van der Waals surface area (Å²) in [6, 6.07) is 0. The molecule has 3 unspecified atom stereocenters. The van der Waals surface area contributed by atoms with Gasteiger partial charge in [0.05, 0.1) is 6.26 Å². The van der Waals surface area contributed by atoms with E-state index in [-0.39, 0.29) is 0 Å². The quantitative estimate of drug-likeness (QED) is 0.832. The molecule has 4 heteroatoms. The molecule has 2 fully saturated rings. The van der Waals surface area contributed by atoms with Gasteiger partial charge in [-0.15, -0.1) is 0 Å². The Kier molecular flexibility index (Phi) is 5.25. The van der Waals surface area contributed by atoms with Crippen LogP contribution in [-0.4, -0.2) is 21.2 Å². The third-order valence-electron chi connectivity index (χ3n) is 3.49. The average Bonchev–Trinajstić information content (AvgIpc) is 2.75. The number of hydrogen-bond donors (Lipinski definition) is 1. The number of nitrogens with one attached hydrogen (secondary N) is 1. The molecular weight excluding hydrogens is 222 g/mol. The second-order valence-corrected chi connectivity index (χ2v) is 7.10. The van der Waals surface area contributed by atoms with Gasteiger partial charge in [-0.05, 0) is 37.0 Å². The number of hydrogen-bond acceptors (Lipinski definition) is 2. The largest absolute Gasteiger partial charge is 0.215 e. The van der Waals surface area contributed by atoms with Gasteiger partial charge in [-0.2, -0.15) is 0 Å². The van der Waals surface area contributed by atoms with Gasteiger partial charge in [0.15, 0.2) is 0 Å². The number of rotatable bonds is 3. The van der Waals surface area contributed by atoms with E-state index in [0.717, 1.165) is 11.8 Å². The van der Waals surface area contributed by atoms with Crippen LogP contribution in [0.15, 0.2) is 0 Å². The van der Waals surface area contributed by atoms with Crippen LogP contribution in [-0.2, 0) is 10.0 Å². The number of sulfonamides is 1. The van der Waals surface area contributed by atoms with Crippen LogP contribution in [0.5, 0.6) is 0 Å².